The van der Waals surface area contributed by atoms with Crippen LogP contribution in [0.3, 0.4) is 0 Å². The van der Waals surface area contributed by atoms with Gasteiger partial charge in [-0.1, -0.05) is 0 Å². The van der Waals surface area contributed by atoms with Crippen LogP contribution in [0.1, 0.15) is 6.92 Å². The van der Waals surface area contributed by atoms with Crippen LogP contribution in [-0.4, -0.2) is 46.7 Å². The van der Waals surface area contributed by atoms with Crippen LogP contribution < -0.4 is 0 Å². The van der Waals surface area contributed by atoms with E-state index in [0.29, 0.717) is 0 Å². The number of carbonyl (C=O) groups excluding carboxylic acids is 1. The minimum atomic E-state index is -1.19. The highest BCUT2D eigenvalue weighted by molar-refractivity contribution is 5.73. The third kappa shape index (κ3) is 4.72. The summed E-state index contributed by atoms with van der Waals surface area (Å²) in [4.78, 5) is 10.5. The Morgan fingerprint density at radius 1 is 1.55 bits per heavy atom. The normalized spacial score (nSPS) is 15.6. The number of carbonyl (C=O) groups is 1. The number of rotatable bonds is 4. The van der Waals surface area contributed by atoms with Gasteiger partial charge in [-0.15, -0.1) is 0 Å². The Balaban J connectivity index is 3.46. The summed E-state index contributed by atoms with van der Waals surface area (Å²) in [5.74, 6) is -0.808. The first-order chi connectivity index (χ1) is 5.07. The van der Waals surface area contributed by atoms with Crippen molar-refractivity contribution < 1.29 is 24.9 Å². The zero-order chi connectivity index (χ0) is 8.85. The van der Waals surface area contributed by atoms with Gasteiger partial charge < -0.3 is 20.1 Å². The van der Waals surface area contributed by atoms with Crippen molar-refractivity contribution in [2.45, 2.75) is 19.1 Å². The lowest BCUT2D eigenvalue weighted by Crippen LogP contribution is -2.26. The van der Waals surface area contributed by atoms with Gasteiger partial charge in [-0.05, 0) is 6.92 Å². The third-order valence-electron chi connectivity index (χ3n) is 0.970. The maximum Gasteiger partial charge on any atom is 0.334 e. The summed E-state index contributed by atoms with van der Waals surface area (Å²) in [6.45, 7) is 0.501. The Morgan fingerprint density at radius 2 is 2.09 bits per heavy atom. The molecule has 0 amide bonds. The average molecular weight is 164 g/mol. The summed E-state index contributed by atoms with van der Waals surface area (Å²) in [5, 5.41) is 25.6. The highest BCUT2D eigenvalue weighted by Gasteiger charge is 2.12. The molecule has 0 heterocycles. The molecular formula is C6H12O5. The minimum Gasteiger partial charge on any atom is -0.461 e. The van der Waals surface area contributed by atoms with Crippen LogP contribution in [0.25, 0.3) is 0 Å². The Kier molecular flexibility index (Phi) is 4.76. The molecule has 0 spiro atoms. The van der Waals surface area contributed by atoms with Gasteiger partial charge in [-0.3, -0.25) is 0 Å². The number of hydrogen-bond donors (Lipinski definition) is 3. The van der Waals surface area contributed by atoms with Gasteiger partial charge in [0, 0.05) is 0 Å². The van der Waals surface area contributed by atoms with Gasteiger partial charge in [0.2, 0.25) is 0 Å². The van der Waals surface area contributed by atoms with Crippen molar-refractivity contribution in [3.8, 4) is 0 Å². The Bertz CT molecular complexity index is 122. The first-order valence-electron chi connectivity index (χ1n) is 3.21. The van der Waals surface area contributed by atoms with Crippen LogP contribution in [0.15, 0.2) is 0 Å². The third-order valence-corrected chi connectivity index (χ3v) is 0.970. The summed E-state index contributed by atoms with van der Waals surface area (Å²) in [6, 6.07) is 0. The van der Waals surface area contributed by atoms with Crippen LogP contribution in [0.4, 0.5) is 0 Å². The molecule has 11 heavy (non-hydrogen) atoms. The highest BCUT2D eigenvalue weighted by atomic mass is 16.6. The summed E-state index contributed by atoms with van der Waals surface area (Å²) < 4.78 is 4.36. The maximum absolute atomic E-state index is 10.5. The molecule has 5 nitrogen and oxygen atoms in total. The summed E-state index contributed by atoms with van der Waals surface area (Å²) >= 11 is 0. The van der Waals surface area contributed by atoms with E-state index in [2.05, 4.69) is 4.74 Å². The highest BCUT2D eigenvalue weighted by Crippen LogP contribution is 1.89. The smallest absolute Gasteiger partial charge is 0.334 e. The molecule has 0 aliphatic carbocycles. The first kappa shape index (κ1) is 10.3. The van der Waals surface area contributed by atoms with Gasteiger partial charge in [0.1, 0.15) is 18.8 Å². The van der Waals surface area contributed by atoms with Crippen LogP contribution >= 0.6 is 0 Å². The van der Waals surface area contributed by atoms with E-state index < -0.39 is 24.8 Å². The van der Waals surface area contributed by atoms with Crippen LogP contribution in [0.2, 0.25) is 0 Å². The average Bonchev–Trinajstić information content (AvgIpc) is 1.99. The fourth-order valence-corrected chi connectivity index (χ4v) is 0.352. The topological polar surface area (TPSA) is 87.0 Å². The van der Waals surface area contributed by atoms with E-state index in [4.69, 9.17) is 15.3 Å². The van der Waals surface area contributed by atoms with Crippen molar-refractivity contribution in [1.29, 1.82) is 0 Å². The molecule has 0 aromatic carbocycles. The second kappa shape index (κ2) is 5.06. The van der Waals surface area contributed by atoms with E-state index in [1.807, 2.05) is 0 Å². The Hall–Kier alpha value is -0.650. The fourth-order valence-electron chi connectivity index (χ4n) is 0.352. The molecule has 0 radical (unpaired) electrons. The quantitative estimate of drug-likeness (QED) is 0.429. The van der Waals surface area contributed by atoms with E-state index in [0.717, 1.165) is 0 Å². The maximum atomic E-state index is 10.5. The SMILES string of the molecule is C[C@@H](O)C(=O)OC[C@H](O)CO. The van der Waals surface area contributed by atoms with Crippen molar-refractivity contribution in [3.05, 3.63) is 0 Å². The first-order valence-corrected chi connectivity index (χ1v) is 3.21. The summed E-state index contributed by atoms with van der Waals surface area (Å²) in [5.41, 5.74) is 0. The van der Waals surface area contributed by atoms with Crippen molar-refractivity contribution in [3.63, 3.8) is 0 Å². The van der Waals surface area contributed by atoms with Crippen LogP contribution in [0.5, 0.6) is 0 Å². The molecule has 0 unspecified atom stereocenters. The predicted molar refractivity (Wildman–Crippen MR) is 35.7 cm³/mol. The fraction of sp³-hybridized carbons (Fsp3) is 0.833. The minimum absolute atomic E-state index is 0.291. The molecule has 0 fully saturated rings. The van der Waals surface area contributed by atoms with Crippen molar-refractivity contribution in [2.24, 2.45) is 0 Å². The molecule has 2 atom stereocenters. The van der Waals surface area contributed by atoms with Gasteiger partial charge in [0.15, 0.2) is 0 Å². The van der Waals surface area contributed by atoms with Crippen molar-refractivity contribution in [1.82, 2.24) is 0 Å². The zero-order valence-corrected chi connectivity index (χ0v) is 6.23. The van der Waals surface area contributed by atoms with Crippen LogP contribution in [-0.2, 0) is 9.53 Å². The molecule has 0 bridgehead atoms. The molecule has 0 aromatic rings. The molecule has 0 rings (SSSR count). The number of aliphatic hydroxyl groups is 3. The van der Waals surface area contributed by atoms with Gasteiger partial charge in [0.05, 0.1) is 6.61 Å². The van der Waals surface area contributed by atoms with Gasteiger partial charge in [-0.2, -0.15) is 0 Å². The predicted octanol–water partition coefficient (Wildman–Crippen LogP) is -1.74. The lowest BCUT2D eigenvalue weighted by atomic mass is 10.4. The number of ether oxygens (including phenoxy) is 1. The molecule has 0 aliphatic rings. The van der Waals surface area contributed by atoms with E-state index in [1.54, 1.807) is 0 Å². The Labute approximate surface area is 64.2 Å². The number of hydrogen-bond acceptors (Lipinski definition) is 5. The molecule has 0 saturated heterocycles. The Morgan fingerprint density at radius 3 is 2.45 bits per heavy atom. The van der Waals surface area contributed by atoms with Gasteiger partial charge in [-0.25, -0.2) is 4.79 Å². The molecule has 0 aromatic heterocycles. The zero-order valence-electron chi connectivity index (χ0n) is 6.23. The van der Waals surface area contributed by atoms with Crippen molar-refractivity contribution >= 4 is 5.97 Å². The lowest BCUT2D eigenvalue weighted by Gasteiger charge is -2.09. The standard InChI is InChI=1S/C6H12O5/c1-4(8)6(10)11-3-5(9)2-7/h4-5,7-9H,2-3H2,1H3/t4-,5-/m1/s1. The number of aliphatic hydroxyl groups excluding tert-OH is 3. The van der Waals surface area contributed by atoms with Crippen molar-refractivity contribution in [2.75, 3.05) is 13.2 Å². The van der Waals surface area contributed by atoms with E-state index in [9.17, 15) is 4.79 Å². The van der Waals surface area contributed by atoms with E-state index in [1.165, 1.54) is 6.92 Å². The molecule has 0 aliphatic heterocycles. The van der Waals surface area contributed by atoms with Gasteiger partial charge >= 0.3 is 5.97 Å². The molecule has 0 saturated carbocycles. The second-order valence-electron chi connectivity index (χ2n) is 2.14. The van der Waals surface area contributed by atoms with E-state index in [-0.39, 0.29) is 6.61 Å². The largest absolute Gasteiger partial charge is 0.461 e. The van der Waals surface area contributed by atoms with E-state index >= 15 is 0 Å². The number of esters is 1. The summed E-state index contributed by atoms with van der Waals surface area (Å²) in [6.07, 6.45) is -2.27. The lowest BCUT2D eigenvalue weighted by molar-refractivity contribution is -0.156. The van der Waals surface area contributed by atoms with Crippen LogP contribution in [0, 0.1) is 0 Å². The molecule has 66 valence electrons. The molecule has 5 heteroatoms. The summed E-state index contributed by atoms with van der Waals surface area (Å²) in [7, 11) is 0. The second-order valence-corrected chi connectivity index (χ2v) is 2.14. The molecule has 3 N–H and O–H groups in total. The monoisotopic (exact) mass is 164 g/mol. The molecular weight excluding hydrogens is 152 g/mol. The van der Waals surface area contributed by atoms with Gasteiger partial charge in [0.25, 0.3) is 0 Å².